The number of benzene rings is 2. The summed E-state index contributed by atoms with van der Waals surface area (Å²) in [6.07, 6.45) is 0. The standard InChI is InChI=1S/C9H8N2O.C7H8O3S.Na/c1-6-3-2-4-7-5-10-11-9(12)8(6)7;1-6-2-4-7(5-3-6)11(8,9)10;/h2-4H,5H2,1H3;2-5H,1H3,(H,8,9,10);/q;;+1/p-1. The number of rotatable bonds is 1. The first-order valence-electron chi connectivity index (χ1n) is 6.82. The first-order chi connectivity index (χ1) is 10.8. The van der Waals surface area contributed by atoms with E-state index in [0.717, 1.165) is 22.3 Å². The molecule has 0 radical (unpaired) electrons. The van der Waals surface area contributed by atoms with Gasteiger partial charge < -0.3 is 4.55 Å². The van der Waals surface area contributed by atoms with Crippen molar-refractivity contribution in [1.29, 1.82) is 0 Å². The summed E-state index contributed by atoms with van der Waals surface area (Å²) in [6.45, 7) is 4.27. The van der Waals surface area contributed by atoms with Gasteiger partial charge in [-0.05, 0) is 37.1 Å². The monoisotopic (exact) mass is 354 g/mol. The summed E-state index contributed by atoms with van der Waals surface area (Å²) in [5.74, 6) is -0.214. The van der Waals surface area contributed by atoms with Gasteiger partial charge in [0.25, 0.3) is 5.91 Å². The van der Waals surface area contributed by atoms with Crippen molar-refractivity contribution >= 4 is 16.0 Å². The second-order valence-electron chi connectivity index (χ2n) is 5.08. The number of fused-ring (bicyclic) bond motifs is 1. The maximum Gasteiger partial charge on any atom is 1.00 e. The predicted octanol–water partition coefficient (Wildman–Crippen LogP) is 0.00414. The first-order valence-corrected chi connectivity index (χ1v) is 8.23. The second-order valence-corrected chi connectivity index (χ2v) is 6.46. The summed E-state index contributed by atoms with van der Waals surface area (Å²) in [5.41, 5.74) is 3.62. The molecule has 0 spiro atoms. The Balaban J connectivity index is 0.000000232. The van der Waals surface area contributed by atoms with Crippen LogP contribution in [0.5, 0.6) is 0 Å². The number of nitrogens with zero attached hydrogens (tertiary/aromatic N) is 2. The number of carbonyl (C=O) groups excluding carboxylic acids is 1. The maximum absolute atomic E-state index is 11.2. The smallest absolute Gasteiger partial charge is 0.744 e. The molecule has 6 nitrogen and oxygen atoms in total. The van der Waals surface area contributed by atoms with Crippen molar-refractivity contribution in [3.63, 3.8) is 0 Å². The van der Waals surface area contributed by atoms with E-state index in [1.807, 2.05) is 32.0 Å². The molecule has 0 fully saturated rings. The van der Waals surface area contributed by atoms with Crippen molar-refractivity contribution in [1.82, 2.24) is 0 Å². The third-order valence-electron chi connectivity index (χ3n) is 3.29. The van der Waals surface area contributed by atoms with E-state index in [1.54, 1.807) is 12.1 Å². The zero-order valence-corrected chi connectivity index (χ0v) is 16.5. The van der Waals surface area contributed by atoms with Crippen LogP contribution in [0.2, 0.25) is 0 Å². The summed E-state index contributed by atoms with van der Waals surface area (Å²) in [7, 11) is -4.27. The molecule has 0 saturated heterocycles. The SMILES string of the molecule is Cc1ccc(S(=O)(=O)[O-])cc1.Cc1cccc2c1C(=O)N=NC2.[Na+]. The third kappa shape index (κ3) is 5.32. The third-order valence-corrected chi connectivity index (χ3v) is 4.13. The summed E-state index contributed by atoms with van der Waals surface area (Å²) in [6, 6.07) is 11.5. The molecule has 0 aromatic heterocycles. The number of carbonyl (C=O) groups is 1. The molecular formula is C16H15N2NaO4S. The van der Waals surface area contributed by atoms with E-state index in [2.05, 4.69) is 10.2 Å². The molecule has 0 N–H and O–H groups in total. The normalized spacial score (nSPS) is 12.5. The average Bonchev–Trinajstić information content (AvgIpc) is 2.48. The minimum Gasteiger partial charge on any atom is -0.744 e. The fourth-order valence-corrected chi connectivity index (χ4v) is 2.57. The molecule has 2 aromatic rings. The molecule has 2 aromatic carbocycles. The molecule has 1 amide bonds. The van der Waals surface area contributed by atoms with Crippen LogP contribution >= 0.6 is 0 Å². The number of azo groups is 1. The van der Waals surface area contributed by atoms with Gasteiger partial charge in [-0.25, -0.2) is 8.42 Å². The van der Waals surface area contributed by atoms with Gasteiger partial charge >= 0.3 is 29.6 Å². The van der Waals surface area contributed by atoms with Crippen molar-refractivity contribution in [2.24, 2.45) is 10.2 Å². The van der Waals surface area contributed by atoms with Crippen LogP contribution in [-0.4, -0.2) is 18.9 Å². The molecule has 3 rings (SSSR count). The predicted molar refractivity (Wildman–Crippen MR) is 83.2 cm³/mol. The van der Waals surface area contributed by atoms with Crippen LogP contribution in [-0.2, 0) is 16.7 Å². The molecule has 1 aliphatic heterocycles. The average molecular weight is 354 g/mol. The van der Waals surface area contributed by atoms with Gasteiger partial charge in [-0.2, -0.15) is 5.11 Å². The van der Waals surface area contributed by atoms with Crippen molar-refractivity contribution in [3.8, 4) is 0 Å². The Bertz CT molecular complexity index is 862. The van der Waals surface area contributed by atoms with E-state index < -0.39 is 10.1 Å². The number of amides is 1. The van der Waals surface area contributed by atoms with Crippen LogP contribution in [0.25, 0.3) is 0 Å². The van der Waals surface area contributed by atoms with Crippen molar-refractivity contribution < 1.29 is 47.3 Å². The van der Waals surface area contributed by atoms with Gasteiger partial charge in [0.1, 0.15) is 10.1 Å². The minimum absolute atomic E-state index is 0. The van der Waals surface area contributed by atoms with Crippen LogP contribution in [0.3, 0.4) is 0 Å². The van der Waals surface area contributed by atoms with E-state index in [9.17, 15) is 17.8 Å². The summed E-state index contributed by atoms with van der Waals surface area (Å²) in [5, 5.41) is 7.23. The van der Waals surface area contributed by atoms with Gasteiger partial charge in [0.2, 0.25) is 0 Å². The van der Waals surface area contributed by atoms with E-state index in [0.29, 0.717) is 6.54 Å². The molecule has 24 heavy (non-hydrogen) atoms. The van der Waals surface area contributed by atoms with Gasteiger partial charge in [0, 0.05) is 0 Å². The molecule has 8 heteroatoms. The van der Waals surface area contributed by atoms with E-state index in [1.165, 1.54) is 12.1 Å². The largest absolute Gasteiger partial charge is 1.00 e. The quantitative estimate of drug-likeness (QED) is 0.532. The van der Waals surface area contributed by atoms with Crippen molar-refractivity contribution in [2.45, 2.75) is 25.3 Å². The van der Waals surface area contributed by atoms with Crippen LogP contribution in [0.1, 0.15) is 27.0 Å². The molecular weight excluding hydrogens is 339 g/mol. The fraction of sp³-hybridized carbons (Fsp3) is 0.188. The van der Waals surface area contributed by atoms with Crippen LogP contribution in [0.15, 0.2) is 57.6 Å². The van der Waals surface area contributed by atoms with Gasteiger partial charge in [-0.1, -0.05) is 35.9 Å². The van der Waals surface area contributed by atoms with Crippen LogP contribution in [0.4, 0.5) is 0 Å². The summed E-state index contributed by atoms with van der Waals surface area (Å²) < 4.78 is 31.2. The molecule has 0 aliphatic carbocycles. The topological polar surface area (TPSA) is 99.0 Å². The number of aryl methyl sites for hydroxylation is 2. The summed E-state index contributed by atoms with van der Waals surface area (Å²) in [4.78, 5) is 11.1. The Morgan fingerprint density at radius 2 is 1.67 bits per heavy atom. The van der Waals surface area contributed by atoms with Crippen molar-refractivity contribution in [2.75, 3.05) is 0 Å². The summed E-state index contributed by atoms with van der Waals surface area (Å²) >= 11 is 0. The van der Waals surface area contributed by atoms with E-state index in [-0.39, 0.29) is 40.4 Å². The van der Waals surface area contributed by atoms with E-state index >= 15 is 0 Å². The van der Waals surface area contributed by atoms with Gasteiger partial charge in [0.05, 0.1) is 17.0 Å². The molecule has 1 heterocycles. The Kier molecular flexibility index (Phi) is 7.44. The van der Waals surface area contributed by atoms with Gasteiger partial charge in [0.15, 0.2) is 0 Å². The van der Waals surface area contributed by atoms with Gasteiger partial charge in [-0.15, -0.1) is 5.11 Å². The van der Waals surface area contributed by atoms with E-state index in [4.69, 9.17) is 0 Å². The van der Waals surface area contributed by atoms with Crippen molar-refractivity contribution in [3.05, 3.63) is 64.7 Å². The Morgan fingerprint density at radius 1 is 1.04 bits per heavy atom. The Hall–Kier alpha value is -1.38. The number of hydrogen-bond acceptors (Lipinski definition) is 5. The van der Waals surface area contributed by atoms with Gasteiger partial charge in [-0.3, -0.25) is 4.79 Å². The molecule has 120 valence electrons. The molecule has 1 aliphatic rings. The first kappa shape index (κ1) is 20.7. The van der Waals surface area contributed by atoms with Crippen LogP contribution < -0.4 is 29.6 Å². The fourth-order valence-electron chi connectivity index (χ4n) is 2.10. The Morgan fingerprint density at radius 3 is 2.21 bits per heavy atom. The minimum atomic E-state index is -4.27. The zero-order valence-electron chi connectivity index (χ0n) is 13.7. The van der Waals surface area contributed by atoms with Crippen LogP contribution in [0, 0.1) is 13.8 Å². The Labute approximate surface area is 163 Å². The molecule has 0 bridgehead atoms. The number of hydrogen-bond donors (Lipinski definition) is 0. The maximum atomic E-state index is 11.2. The molecule has 0 saturated carbocycles. The zero-order chi connectivity index (χ0) is 17.0. The second kappa shape index (κ2) is 8.64. The molecule has 0 unspecified atom stereocenters. The molecule has 0 atom stereocenters.